The maximum atomic E-state index is 5.50. The Labute approximate surface area is 126 Å². The van der Waals surface area contributed by atoms with Gasteiger partial charge in [0.2, 0.25) is 11.9 Å². The third kappa shape index (κ3) is 7.62. The summed E-state index contributed by atoms with van der Waals surface area (Å²) < 4.78 is 10.8. The van der Waals surface area contributed by atoms with Crippen molar-refractivity contribution in [3.05, 3.63) is 0 Å². The fourth-order valence-corrected chi connectivity index (χ4v) is 1.45. The van der Waals surface area contributed by atoms with Gasteiger partial charge in [-0.1, -0.05) is 0 Å². The van der Waals surface area contributed by atoms with Crippen LogP contribution in [0.5, 0.6) is 6.01 Å². The van der Waals surface area contributed by atoms with Crippen LogP contribution in [-0.2, 0) is 4.74 Å². The smallest absolute Gasteiger partial charge is 0.323 e. The minimum absolute atomic E-state index is 0.319. The number of likely N-dealkylation sites (N-methyl/N-ethyl adjacent to an activating group) is 1. The molecule has 0 spiro atoms. The maximum Gasteiger partial charge on any atom is 0.323 e. The number of anilines is 2. The molecule has 1 rings (SSSR count). The second-order valence-corrected chi connectivity index (χ2v) is 4.57. The fraction of sp³-hybridized carbons (Fsp3) is 0.769. The van der Waals surface area contributed by atoms with Crippen LogP contribution in [0.15, 0.2) is 0 Å². The molecule has 0 aliphatic rings. The van der Waals surface area contributed by atoms with E-state index in [4.69, 9.17) is 9.47 Å². The van der Waals surface area contributed by atoms with Crippen molar-refractivity contribution in [2.24, 2.45) is 0 Å². The van der Waals surface area contributed by atoms with Crippen molar-refractivity contribution < 1.29 is 9.47 Å². The Bertz CT molecular complexity index is 378. The Morgan fingerprint density at radius 3 is 2.33 bits per heavy atom. The number of rotatable bonds is 11. The van der Waals surface area contributed by atoms with Crippen molar-refractivity contribution in [3.8, 4) is 6.01 Å². The molecular weight excluding hydrogens is 272 g/mol. The van der Waals surface area contributed by atoms with E-state index in [0.717, 1.165) is 13.1 Å². The summed E-state index contributed by atoms with van der Waals surface area (Å²) >= 11 is 0. The van der Waals surface area contributed by atoms with Crippen LogP contribution >= 0.6 is 0 Å². The summed E-state index contributed by atoms with van der Waals surface area (Å²) in [4.78, 5) is 14.7. The van der Waals surface area contributed by atoms with Gasteiger partial charge in [-0.3, -0.25) is 0 Å². The van der Waals surface area contributed by atoms with E-state index in [1.54, 1.807) is 0 Å². The van der Waals surface area contributed by atoms with Gasteiger partial charge in [0.25, 0.3) is 0 Å². The lowest BCUT2D eigenvalue weighted by molar-refractivity contribution is 0.126. The zero-order valence-electron chi connectivity index (χ0n) is 13.3. The second kappa shape index (κ2) is 10.1. The molecule has 8 heteroatoms. The molecule has 8 nitrogen and oxygen atoms in total. The molecule has 1 aromatic rings. The molecule has 2 N–H and O–H groups in total. The van der Waals surface area contributed by atoms with E-state index in [2.05, 4.69) is 30.5 Å². The molecule has 0 atom stereocenters. The first-order valence-electron chi connectivity index (χ1n) is 7.24. The molecule has 120 valence electrons. The third-order valence-electron chi connectivity index (χ3n) is 2.44. The van der Waals surface area contributed by atoms with E-state index < -0.39 is 0 Å². The van der Waals surface area contributed by atoms with Gasteiger partial charge >= 0.3 is 6.01 Å². The van der Waals surface area contributed by atoms with Crippen LogP contribution in [0, 0.1) is 0 Å². The first kappa shape index (κ1) is 17.4. The molecule has 0 aromatic carbocycles. The second-order valence-electron chi connectivity index (χ2n) is 4.57. The minimum Gasteiger partial charge on any atom is -0.464 e. The highest BCUT2D eigenvalue weighted by Gasteiger charge is 2.06. The highest BCUT2D eigenvalue weighted by atomic mass is 16.5. The van der Waals surface area contributed by atoms with Gasteiger partial charge in [0.05, 0.1) is 19.8 Å². The minimum atomic E-state index is 0.319. The van der Waals surface area contributed by atoms with Crippen LogP contribution in [0.4, 0.5) is 11.9 Å². The van der Waals surface area contributed by atoms with E-state index in [0.29, 0.717) is 44.3 Å². The monoisotopic (exact) mass is 298 g/mol. The molecule has 1 aromatic heterocycles. The van der Waals surface area contributed by atoms with Gasteiger partial charge in [-0.25, -0.2) is 0 Å². The molecule has 0 radical (unpaired) electrons. The zero-order valence-corrected chi connectivity index (χ0v) is 13.3. The molecule has 0 fully saturated rings. The number of hydrogen-bond donors (Lipinski definition) is 2. The van der Waals surface area contributed by atoms with Crippen LogP contribution in [0.1, 0.15) is 13.8 Å². The Morgan fingerprint density at radius 2 is 1.71 bits per heavy atom. The lowest BCUT2D eigenvalue weighted by atomic mass is 10.6. The van der Waals surface area contributed by atoms with Crippen molar-refractivity contribution >= 4 is 11.9 Å². The molecule has 0 bridgehead atoms. The van der Waals surface area contributed by atoms with Crippen molar-refractivity contribution in [2.45, 2.75) is 13.8 Å². The molecule has 0 aliphatic carbocycles. The highest BCUT2D eigenvalue weighted by molar-refractivity contribution is 5.35. The number of ether oxygens (including phenoxy) is 2. The number of aromatic nitrogens is 3. The first-order valence-corrected chi connectivity index (χ1v) is 7.24. The van der Waals surface area contributed by atoms with E-state index in [-0.39, 0.29) is 0 Å². The van der Waals surface area contributed by atoms with Gasteiger partial charge in [0.1, 0.15) is 0 Å². The molecule has 0 aliphatic heterocycles. The topological polar surface area (TPSA) is 84.4 Å². The maximum absolute atomic E-state index is 5.50. The largest absolute Gasteiger partial charge is 0.464 e. The summed E-state index contributed by atoms with van der Waals surface area (Å²) in [7, 11) is 4.04. The lowest BCUT2D eigenvalue weighted by Crippen LogP contribution is -2.20. The van der Waals surface area contributed by atoms with Gasteiger partial charge in [-0.2, -0.15) is 15.0 Å². The van der Waals surface area contributed by atoms with E-state index in [1.165, 1.54) is 0 Å². The Balaban J connectivity index is 2.41. The first-order chi connectivity index (χ1) is 10.2. The van der Waals surface area contributed by atoms with Gasteiger partial charge in [-0.15, -0.1) is 0 Å². The molecule has 0 unspecified atom stereocenters. The van der Waals surface area contributed by atoms with E-state index >= 15 is 0 Å². The predicted octanol–water partition coefficient (Wildman–Crippen LogP) is 0.692. The van der Waals surface area contributed by atoms with Crippen LogP contribution in [0.25, 0.3) is 0 Å². The van der Waals surface area contributed by atoms with Crippen LogP contribution in [-0.4, -0.2) is 73.4 Å². The van der Waals surface area contributed by atoms with E-state index in [1.807, 2.05) is 27.9 Å². The van der Waals surface area contributed by atoms with Crippen LogP contribution in [0.2, 0.25) is 0 Å². The van der Waals surface area contributed by atoms with Gasteiger partial charge in [0, 0.05) is 19.6 Å². The molecule has 0 saturated heterocycles. The normalized spacial score (nSPS) is 10.7. The van der Waals surface area contributed by atoms with Crippen molar-refractivity contribution in [1.82, 2.24) is 19.9 Å². The van der Waals surface area contributed by atoms with E-state index in [9.17, 15) is 0 Å². The Morgan fingerprint density at radius 1 is 1.00 bits per heavy atom. The quantitative estimate of drug-likeness (QED) is 0.577. The SMILES string of the molecule is CCNc1nc(NCCOCCN(C)C)nc(OCC)n1. The molecule has 1 heterocycles. The van der Waals surface area contributed by atoms with Crippen molar-refractivity contribution in [3.63, 3.8) is 0 Å². The van der Waals surface area contributed by atoms with Crippen molar-refractivity contribution in [1.29, 1.82) is 0 Å². The average molecular weight is 298 g/mol. The molecule has 0 amide bonds. The zero-order chi connectivity index (χ0) is 15.5. The Kier molecular flexibility index (Phi) is 8.37. The van der Waals surface area contributed by atoms with Gasteiger partial charge < -0.3 is 25.0 Å². The van der Waals surface area contributed by atoms with Crippen LogP contribution < -0.4 is 15.4 Å². The summed E-state index contributed by atoms with van der Waals surface area (Å²) in [5.74, 6) is 0.993. The molecule has 0 saturated carbocycles. The van der Waals surface area contributed by atoms with Crippen LogP contribution in [0.3, 0.4) is 0 Å². The lowest BCUT2D eigenvalue weighted by Gasteiger charge is -2.11. The molecular formula is C13H26N6O2. The summed E-state index contributed by atoms with van der Waals surface area (Å²) in [5, 5.41) is 6.16. The predicted molar refractivity (Wildman–Crippen MR) is 83.0 cm³/mol. The van der Waals surface area contributed by atoms with Crippen molar-refractivity contribution in [2.75, 3.05) is 64.2 Å². The average Bonchev–Trinajstić information content (AvgIpc) is 2.43. The van der Waals surface area contributed by atoms with Gasteiger partial charge in [-0.05, 0) is 27.9 Å². The summed E-state index contributed by atoms with van der Waals surface area (Å²) in [6.07, 6.45) is 0. The number of nitrogens with zero attached hydrogens (tertiary/aromatic N) is 4. The van der Waals surface area contributed by atoms with Gasteiger partial charge in [0.15, 0.2) is 0 Å². The number of hydrogen-bond acceptors (Lipinski definition) is 8. The summed E-state index contributed by atoms with van der Waals surface area (Å²) in [6, 6.07) is 0.319. The summed E-state index contributed by atoms with van der Waals surface area (Å²) in [6.45, 7) is 7.97. The molecule has 21 heavy (non-hydrogen) atoms. The fourth-order valence-electron chi connectivity index (χ4n) is 1.45. The number of nitrogens with one attached hydrogen (secondary N) is 2. The summed E-state index contributed by atoms with van der Waals surface area (Å²) in [5.41, 5.74) is 0. The third-order valence-corrected chi connectivity index (χ3v) is 2.44. The standard InChI is InChI=1S/C13H26N6O2/c1-5-14-11-16-12(18-13(17-11)21-6-2)15-7-9-20-10-8-19(3)4/h5-10H2,1-4H3,(H2,14,15,16,17,18). The highest BCUT2D eigenvalue weighted by Crippen LogP contribution is 2.10. The Hall–Kier alpha value is -1.67.